The monoisotopic (exact) mass is 817 g/mol. The second-order valence-corrected chi connectivity index (χ2v) is 18.8. The molecule has 4 aliphatic rings. The van der Waals surface area contributed by atoms with Gasteiger partial charge in [0.15, 0.2) is 11.5 Å². The minimum Gasteiger partial charge on any atom is -0.504 e. The Kier molecular flexibility index (Phi) is 14.5. The number of hydrogen-bond donors (Lipinski definition) is 7. The first-order valence-corrected chi connectivity index (χ1v) is 23.3. The van der Waals surface area contributed by atoms with Crippen molar-refractivity contribution in [1.82, 2.24) is 9.97 Å². The van der Waals surface area contributed by atoms with Crippen molar-refractivity contribution in [3.05, 3.63) is 82.3 Å². The Morgan fingerprint density at radius 1 is 1.02 bits per heavy atom. The standard InChI is InChI=1S/C45H59N3O7S2/c1-2-27-6-3-4-8-40(54-17-16-49)43-30(10-9-27)18-28-11-12-29-20-38(51)41(23-36(29)35(28)22-39(43)52)55-42-21-31(19-33-7-5-14-47-33)34-13-15-48-45(46)37(34)26-57-56-25-32(24-50)44(42)53/h5,7,13-15,18,20,23,27,30-32,35,39-40,42-44,47,49-53H,2-4,6,8,11-12,16-17,19,21-22,24-26H2,1H3,(H2,46,48)/t27-,30+,31+,32+,35-,39-,40+,42-,43+,44-/m1/s1. The van der Waals surface area contributed by atoms with Crippen molar-refractivity contribution in [2.45, 2.75) is 113 Å². The molecule has 308 valence electrons. The molecule has 0 fully saturated rings. The number of fused-ring (bicyclic) bond motifs is 5. The third-order valence-corrected chi connectivity index (χ3v) is 15.1. The lowest BCUT2D eigenvalue weighted by Crippen LogP contribution is -2.41. The van der Waals surface area contributed by atoms with E-state index in [2.05, 4.69) is 34.8 Å². The van der Waals surface area contributed by atoms with E-state index in [1.54, 1.807) is 33.9 Å². The van der Waals surface area contributed by atoms with E-state index in [-0.39, 0.29) is 61.1 Å². The fourth-order valence-corrected chi connectivity index (χ4v) is 12.1. The maximum absolute atomic E-state index is 12.2. The zero-order valence-electron chi connectivity index (χ0n) is 32.9. The van der Waals surface area contributed by atoms with Gasteiger partial charge in [0.2, 0.25) is 0 Å². The molecule has 57 heavy (non-hydrogen) atoms. The van der Waals surface area contributed by atoms with Crippen LogP contribution in [0, 0.1) is 35.5 Å². The Labute approximate surface area is 344 Å². The van der Waals surface area contributed by atoms with Gasteiger partial charge >= 0.3 is 0 Å². The lowest BCUT2D eigenvalue weighted by molar-refractivity contribution is -0.0602. The number of aliphatic hydroxyl groups is 4. The number of aromatic amines is 1. The molecule has 3 aromatic rings. The van der Waals surface area contributed by atoms with Crippen LogP contribution in [0.3, 0.4) is 0 Å². The maximum Gasteiger partial charge on any atom is 0.161 e. The van der Waals surface area contributed by atoms with Crippen LogP contribution in [0.15, 0.2) is 54.4 Å². The Morgan fingerprint density at radius 3 is 2.67 bits per heavy atom. The molecule has 0 saturated carbocycles. The molecule has 10 atom stereocenters. The number of nitrogens with zero attached hydrogens (tertiary/aromatic N) is 1. The highest BCUT2D eigenvalue weighted by Crippen LogP contribution is 2.49. The molecule has 3 heterocycles. The molecule has 3 aliphatic carbocycles. The summed E-state index contributed by atoms with van der Waals surface area (Å²) in [5.74, 6) is 8.24. The van der Waals surface area contributed by atoms with Gasteiger partial charge in [-0.3, -0.25) is 0 Å². The largest absolute Gasteiger partial charge is 0.504 e. The normalized spacial score (nSPS) is 30.7. The lowest BCUT2D eigenvalue weighted by atomic mass is 9.76. The molecule has 0 bridgehead atoms. The topological polar surface area (TPSA) is 174 Å². The molecule has 2 aromatic heterocycles. The summed E-state index contributed by atoms with van der Waals surface area (Å²) >= 11 is 0. The third kappa shape index (κ3) is 9.84. The highest BCUT2D eigenvalue weighted by atomic mass is 33.1. The Morgan fingerprint density at radius 2 is 1.88 bits per heavy atom. The van der Waals surface area contributed by atoms with Gasteiger partial charge in [0.05, 0.1) is 31.5 Å². The molecular weight excluding hydrogens is 759 g/mol. The number of ether oxygens (including phenoxy) is 2. The van der Waals surface area contributed by atoms with Crippen LogP contribution in [0.4, 0.5) is 5.82 Å². The van der Waals surface area contributed by atoms with E-state index in [9.17, 15) is 25.5 Å². The first-order valence-electron chi connectivity index (χ1n) is 20.8. The predicted molar refractivity (Wildman–Crippen MR) is 227 cm³/mol. The number of allylic oxidation sites excluding steroid dienone is 2. The first kappa shape index (κ1) is 42.0. The summed E-state index contributed by atoms with van der Waals surface area (Å²) in [6, 6.07) is 9.73. The molecule has 7 rings (SSSR count). The van der Waals surface area contributed by atoms with Gasteiger partial charge in [0, 0.05) is 71.4 Å². The number of aliphatic hydroxyl groups excluding tert-OH is 4. The lowest BCUT2D eigenvalue weighted by Gasteiger charge is -2.35. The summed E-state index contributed by atoms with van der Waals surface area (Å²) in [5.41, 5.74) is 12.8. The van der Waals surface area contributed by atoms with Gasteiger partial charge in [0.25, 0.3) is 0 Å². The van der Waals surface area contributed by atoms with Crippen LogP contribution in [0.2, 0.25) is 0 Å². The predicted octanol–water partition coefficient (Wildman–Crippen LogP) is 6.66. The number of anilines is 1. The van der Waals surface area contributed by atoms with Crippen LogP contribution in [0.1, 0.15) is 98.1 Å². The molecule has 0 radical (unpaired) electrons. The van der Waals surface area contributed by atoms with Crippen LogP contribution in [-0.4, -0.2) is 85.5 Å². The van der Waals surface area contributed by atoms with Crippen LogP contribution < -0.4 is 10.5 Å². The number of aromatic hydroxyl groups is 1. The quantitative estimate of drug-likeness (QED) is 0.0699. The fraction of sp³-hybridized carbons (Fsp3) is 0.578. The molecule has 1 aliphatic heterocycles. The van der Waals surface area contributed by atoms with Crippen LogP contribution in [0.25, 0.3) is 0 Å². The van der Waals surface area contributed by atoms with Crippen molar-refractivity contribution in [2.24, 2.45) is 23.7 Å². The van der Waals surface area contributed by atoms with Crippen molar-refractivity contribution in [2.75, 3.05) is 31.3 Å². The summed E-state index contributed by atoms with van der Waals surface area (Å²) in [4.78, 5) is 7.75. The number of phenolic OH excluding ortho intramolecular Hbond substituents is 1. The molecule has 0 saturated heterocycles. The average Bonchev–Trinajstić information content (AvgIpc) is 3.67. The van der Waals surface area contributed by atoms with Gasteiger partial charge < -0.3 is 45.7 Å². The van der Waals surface area contributed by atoms with Crippen LogP contribution >= 0.6 is 21.6 Å². The summed E-state index contributed by atoms with van der Waals surface area (Å²) in [5, 5.41) is 56.0. The summed E-state index contributed by atoms with van der Waals surface area (Å²) in [6.45, 7) is 2.12. The zero-order chi connectivity index (χ0) is 39.9. The molecule has 12 heteroatoms. The number of H-pyrrole nitrogens is 1. The van der Waals surface area contributed by atoms with E-state index in [4.69, 9.17) is 15.2 Å². The highest BCUT2D eigenvalue weighted by molar-refractivity contribution is 8.76. The summed E-state index contributed by atoms with van der Waals surface area (Å²) in [6.07, 6.45) is 11.1. The minimum absolute atomic E-state index is 0.000180. The van der Waals surface area contributed by atoms with Crippen molar-refractivity contribution in [3.8, 4) is 23.3 Å². The number of nitrogens with one attached hydrogen (secondary N) is 1. The highest BCUT2D eigenvalue weighted by Gasteiger charge is 2.42. The van der Waals surface area contributed by atoms with Crippen molar-refractivity contribution in [3.63, 3.8) is 0 Å². The van der Waals surface area contributed by atoms with E-state index in [0.717, 1.165) is 72.9 Å². The second kappa shape index (κ2) is 19.7. The first-order chi connectivity index (χ1) is 27.8. The van der Waals surface area contributed by atoms with E-state index in [0.29, 0.717) is 42.5 Å². The van der Waals surface area contributed by atoms with Crippen LogP contribution in [0.5, 0.6) is 11.5 Å². The summed E-state index contributed by atoms with van der Waals surface area (Å²) < 4.78 is 13.1. The Balaban J connectivity index is 1.25. The van der Waals surface area contributed by atoms with Crippen molar-refractivity contribution in [1.29, 1.82) is 0 Å². The van der Waals surface area contributed by atoms with E-state index < -0.39 is 24.2 Å². The Hall–Kier alpha value is -3.15. The van der Waals surface area contributed by atoms with Gasteiger partial charge in [0.1, 0.15) is 11.9 Å². The number of aryl methyl sites for hydroxylation is 1. The van der Waals surface area contributed by atoms with Gasteiger partial charge in [-0.25, -0.2) is 4.98 Å². The van der Waals surface area contributed by atoms with Crippen LogP contribution in [-0.2, 0) is 23.3 Å². The maximum atomic E-state index is 12.2. The molecule has 0 unspecified atom stereocenters. The molecule has 10 nitrogen and oxygen atoms in total. The van der Waals surface area contributed by atoms with Crippen molar-refractivity contribution >= 4 is 27.4 Å². The van der Waals surface area contributed by atoms with Gasteiger partial charge in [-0.1, -0.05) is 64.8 Å². The second-order valence-electron chi connectivity index (χ2n) is 16.3. The number of pyridine rings is 1. The number of hydrogen-bond acceptors (Lipinski definition) is 11. The average molecular weight is 818 g/mol. The molecule has 0 amide bonds. The number of aromatic nitrogens is 2. The number of nitrogens with two attached hydrogens (primary N) is 1. The number of benzene rings is 1. The zero-order valence-corrected chi connectivity index (χ0v) is 34.5. The van der Waals surface area contributed by atoms with Crippen molar-refractivity contribution < 1.29 is 35.0 Å². The number of rotatable bonds is 9. The Bertz CT molecular complexity index is 1880. The SMILES string of the molecule is CC[C@H]1C#C[C@H]2C=C3CCc4cc(O)c(O[C@@H]5C[C@H](Cc6ccc[nH]6)c6ccnc(N)c6CSSC[C@H](CO)[C@H]5O)cc4[C@@H]3C[C@@H](O)[C@H]2[C@@H](OCCO)CCCC1. The third-order valence-electron chi connectivity index (χ3n) is 12.7. The van der Waals surface area contributed by atoms with Gasteiger partial charge in [-0.15, -0.1) is 0 Å². The number of phenols is 1. The van der Waals surface area contributed by atoms with E-state index >= 15 is 0 Å². The van der Waals surface area contributed by atoms with Gasteiger partial charge in [-0.2, -0.15) is 0 Å². The fourth-order valence-electron chi connectivity index (χ4n) is 9.55. The molecule has 8 N–H and O–H groups in total. The smallest absolute Gasteiger partial charge is 0.161 e. The molecular formula is C45H59N3O7S2. The van der Waals surface area contributed by atoms with E-state index in [1.165, 1.54) is 5.57 Å². The minimum atomic E-state index is -1.04. The summed E-state index contributed by atoms with van der Waals surface area (Å²) in [7, 11) is 3.22. The molecule has 0 spiro atoms. The number of nitrogen functional groups attached to an aromatic ring is 1. The van der Waals surface area contributed by atoms with Gasteiger partial charge in [-0.05, 0) is 104 Å². The van der Waals surface area contributed by atoms with E-state index in [1.807, 2.05) is 30.5 Å². The molecule has 1 aromatic carbocycles.